The van der Waals surface area contributed by atoms with Crippen LogP contribution in [0.1, 0.15) is 44.8 Å². The Kier molecular flexibility index (Phi) is 3.65. The fraction of sp³-hybridized carbons (Fsp3) is 0.238. The van der Waals surface area contributed by atoms with Crippen molar-refractivity contribution in [3.8, 4) is 0 Å². The number of Topliss-reactive ketones (excluding diaryl/α,β-unsaturated/α-hetero) is 1. The third-order valence-electron chi connectivity index (χ3n) is 5.45. The Bertz CT molecular complexity index is 1130. The molecule has 0 saturated carbocycles. The van der Waals surface area contributed by atoms with Crippen molar-refractivity contribution in [1.29, 1.82) is 0 Å². The zero-order valence-electron chi connectivity index (χ0n) is 15.5. The minimum atomic E-state index is -0.435. The van der Waals surface area contributed by atoms with E-state index in [9.17, 15) is 9.18 Å². The normalized spacial score (nSPS) is 20.4. The van der Waals surface area contributed by atoms with Crippen molar-refractivity contribution < 1.29 is 9.18 Å². The molecule has 0 bridgehead atoms. The molecule has 2 aliphatic rings. The molecule has 28 heavy (non-hydrogen) atoms. The number of hydrogen-bond acceptors (Lipinski definition) is 5. The van der Waals surface area contributed by atoms with Crippen LogP contribution in [-0.4, -0.2) is 32.8 Å². The van der Waals surface area contributed by atoms with Gasteiger partial charge in [-0.3, -0.25) is 14.5 Å². The molecule has 0 spiro atoms. The van der Waals surface area contributed by atoms with Crippen LogP contribution in [-0.2, 0) is 7.05 Å². The van der Waals surface area contributed by atoms with E-state index in [1.807, 2.05) is 26.1 Å². The lowest BCUT2D eigenvalue weighted by atomic mass is 9.78. The van der Waals surface area contributed by atoms with E-state index >= 15 is 0 Å². The first kappa shape index (κ1) is 16.8. The summed E-state index contributed by atoms with van der Waals surface area (Å²) in [6, 6.07) is 10.7. The van der Waals surface area contributed by atoms with E-state index in [-0.39, 0.29) is 24.3 Å². The van der Waals surface area contributed by atoms with Crippen molar-refractivity contribution >= 4 is 17.2 Å². The number of carbonyl (C=O) groups excluding carboxylic acids is 1. The summed E-state index contributed by atoms with van der Waals surface area (Å²) in [4.78, 5) is 21.5. The zero-order chi connectivity index (χ0) is 19.4. The SMILES string of the molecule is Cc1ccc(C2Nc3cc(F)cc4c3C(=NCC4=O)C2c2ncnn2C)cc1. The highest BCUT2D eigenvalue weighted by atomic mass is 19.1. The van der Waals surface area contributed by atoms with Gasteiger partial charge in [0.1, 0.15) is 24.5 Å². The standard InChI is InChI=1S/C21H18FN5O/c1-11-3-5-12(6-4-11)19-18(21-24-10-25-27(21)2)20-17-14(16(28)9-23-20)7-13(22)8-15(17)26-19/h3-8,10,18-19,26H,9H2,1-2H3. The van der Waals surface area contributed by atoms with Crippen LogP contribution in [0.15, 0.2) is 47.7 Å². The lowest BCUT2D eigenvalue weighted by molar-refractivity contribution is 0.0999. The fourth-order valence-electron chi connectivity index (χ4n) is 4.11. The van der Waals surface area contributed by atoms with Gasteiger partial charge in [0.05, 0.1) is 17.7 Å². The molecule has 3 aromatic rings. The summed E-state index contributed by atoms with van der Waals surface area (Å²) >= 11 is 0. The number of nitrogens with zero attached hydrogens (tertiary/aromatic N) is 4. The zero-order valence-corrected chi connectivity index (χ0v) is 15.5. The van der Waals surface area contributed by atoms with Crippen molar-refractivity contribution in [1.82, 2.24) is 14.8 Å². The maximum atomic E-state index is 14.2. The predicted molar refractivity (Wildman–Crippen MR) is 103 cm³/mol. The van der Waals surface area contributed by atoms with Crippen LogP contribution in [0.25, 0.3) is 0 Å². The Morgan fingerprint density at radius 2 is 2.00 bits per heavy atom. The van der Waals surface area contributed by atoms with E-state index in [2.05, 4.69) is 32.5 Å². The van der Waals surface area contributed by atoms with E-state index in [0.717, 1.165) is 22.7 Å². The molecule has 0 saturated heterocycles. The summed E-state index contributed by atoms with van der Waals surface area (Å²) in [5, 5.41) is 7.67. The molecule has 2 aliphatic heterocycles. The number of halogens is 1. The molecular weight excluding hydrogens is 357 g/mol. The van der Waals surface area contributed by atoms with Crippen LogP contribution in [0.5, 0.6) is 0 Å². The predicted octanol–water partition coefficient (Wildman–Crippen LogP) is 3.20. The summed E-state index contributed by atoms with van der Waals surface area (Å²) in [6.45, 7) is 2.05. The molecular formula is C21H18FN5O. The Labute approximate surface area is 161 Å². The highest BCUT2D eigenvalue weighted by Crippen LogP contribution is 2.44. The second kappa shape index (κ2) is 6.09. The molecule has 2 aromatic carbocycles. The largest absolute Gasteiger partial charge is 0.376 e. The van der Waals surface area contributed by atoms with Crippen LogP contribution in [0.4, 0.5) is 10.1 Å². The van der Waals surface area contributed by atoms with Gasteiger partial charge in [0, 0.05) is 23.9 Å². The van der Waals surface area contributed by atoms with Crippen molar-refractivity contribution in [2.24, 2.45) is 12.0 Å². The number of carbonyl (C=O) groups is 1. The number of aliphatic imine (C=N–C) groups is 1. The highest BCUT2D eigenvalue weighted by molar-refractivity contribution is 6.21. The second-order valence-electron chi connectivity index (χ2n) is 7.25. The molecule has 3 heterocycles. The molecule has 0 amide bonds. The first-order valence-electron chi connectivity index (χ1n) is 9.11. The molecule has 1 N–H and O–H groups in total. The molecule has 1 aromatic heterocycles. The molecule has 6 nitrogen and oxygen atoms in total. The molecule has 140 valence electrons. The maximum Gasteiger partial charge on any atom is 0.185 e. The monoisotopic (exact) mass is 375 g/mol. The van der Waals surface area contributed by atoms with Crippen molar-refractivity contribution in [2.75, 3.05) is 11.9 Å². The van der Waals surface area contributed by atoms with Crippen LogP contribution < -0.4 is 5.32 Å². The second-order valence-corrected chi connectivity index (χ2v) is 7.25. The first-order chi connectivity index (χ1) is 13.5. The van der Waals surface area contributed by atoms with Gasteiger partial charge in [-0.1, -0.05) is 29.8 Å². The lowest BCUT2D eigenvalue weighted by Gasteiger charge is -2.37. The molecule has 5 rings (SSSR count). The number of aromatic nitrogens is 3. The van der Waals surface area contributed by atoms with Gasteiger partial charge in [0.15, 0.2) is 5.78 Å². The third-order valence-corrected chi connectivity index (χ3v) is 5.45. The minimum absolute atomic E-state index is 0.0141. The van der Waals surface area contributed by atoms with E-state index in [1.165, 1.54) is 18.5 Å². The molecule has 0 aliphatic carbocycles. The quantitative estimate of drug-likeness (QED) is 0.747. The number of anilines is 1. The Balaban J connectivity index is 1.76. The number of hydrogen-bond donors (Lipinski definition) is 1. The molecule has 0 radical (unpaired) electrons. The van der Waals surface area contributed by atoms with Crippen LogP contribution in [0.2, 0.25) is 0 Å². The summed E-state index contributed by atoms with van der Waals surface area (Å²) in [5.74, 6) is -0.116. The van der Waals surface area contributed by atoms with E-state index < -0.39 is 5.82 Å². The van der Waals surface area contributed by atoms with Crippen LogP contribution in [0, 0.1) is 12.7 Å². The number of nitrogens with one attached hydrogen (secondary N) is 1. The summed E-state index contributed by atoms with van der Waals surface area (Å²) in [7, 11) is 1.84. The van der Waals surface area contributed by atoms with Gasteiger partial charge in [-0.2, -0.15) is 5.10 Å². The molecule has 7 heteroatoms. The average Bonchev–Trinajstić information content (AvgIpc) is 3.10. The summed E-state index contributed by atoms with van der Waals surface area (Å²) < 4.78 is 15.9. The first-order valence-corrected chi connectivity index (χ1v) is 9.11. The number of benzene rings is 2. The molecule has 2 unspecified atom stereocenters. The topological polar surface area (TPSA) is 72.2 Å². The van der Waals surface area contributed by atoms with E-state index in [0.29, 0.717) is 16.8 Å². The van der Waals surface area contributed by atoms with E-state index in [1.54, 1.807) is 4.68 Å². The maximum absolute atomic E-state index is 14.2. The van der Waals surface area contributed by atoms with Crippen LogP contribution >= 0.6 is 0 Å². The van der Waals surface area contributed by atoms with Gasteiger partial charge in [-0.25, -0.2) is 9.37 Å². The van der Waals surface area contributed by atoms with Crippen LogP contribution in [0.3, 0.4) is 0 Å². The van der Waals surface area contributed by atoms with Gasteiger partial charge < -0.3 is 5.32 Å². The fourth-order valence-corrected chi connectivity index (χ4v) is 4.11. The lowest BCUT2D eigenvalue weighted by Crippen LogP contribution is -2.37. The van der Waals surface area contributed by atoms with Crippen molar-refractivity contribution in [3.63, 3.8) is 0 Å². The average molecular weight is 375 g/mol. The van der Waals surface area contributed by atoms with Gasteiger partial charge in [-0.15, -0.1) is 0 Å². The van der Waals surface area contributed by atoms with Gasteiger partial charge in [0.2, 0.25) is 0 Å². The van der Waals surface area contributed by atoms with Gasteiger partial charge in [-0.05, 0) is 24.6 Å². The van der Waals surface area contributed by atoms with E-state index in [4.69, 9.17) is 0 Å². The third kappa shape index (κ3) is 2.46. The summed E-state index contributed by atoms with van der Waals surface area (Å²) in [6.07, 6.45) is 1.51. The highest BCUT2D eigenvalue weighted by Gasteiger charge is 2.41. The smallest absolute Gasteiger partial charge is 0.185 e. The number of aryl methyl sites for hydroxylation is 2. The molecule has 2 atom stereocenters. The summed E-state index contributed by atoms with van der Waals surface area (Å²) in [5.41, 5.74) is 4.59. The number of rotatable bonds is 2. The van der Waals surface area contributed by atoms with Gasteiger partial charge in [0.25, 0.3) is 0 Å². The number of ketones is 1. The Hall–Kier alpha value is -3.35. The van der Waals surface area contributed by atoms with Gasteiger partial charge >= 0.3 is 0 Å². The Morgan fingerprint density at radius 3 is 2.71 bits per heavy atom. The Morgan fingerprint density at radius 1 is 1.21 bits per heavy atom. The minimum Gasteiger partial charge on any atom is -0.376 e. The molecule has 0 fully saturated rings. The van der Waals surface area contributed by atoms with Crippen molar-refractivity contribution in [2.45, 2.75) is 18.9 Å². The van der Waals surface area contributed by atoms with Crippen molar-refractivity contribution in [3.05, 3.63) is 76.6 Å².